The molecule has 1 fully saturated rings. The second-order valence-corrected chi connectivity index (χ2v) is 6.44. The summed E-state index contributed by atoms with van der Waals surface area (Å²) < 4.78 is 13.1. The molecule has 0 atom stereocenters. The number of nitrogens with zero attached hydrogens (tertiary/aromatic N) is 3. The third-order valence-corrected chi connectivity index (χ3v) is 4.54. The van der Waals surface area contributed by atoms with Crippen LogP contribution in [0.5, 0.6) is 0 Å². The zero-order valence-electron chi connectivity index (χ0n) is 15.2. The van der Waals surface area contributed by atoms with Crippen molar-refractivity contribution in [2.75, 3.05) is 36.4 Å². The molecule has 2 aromatic rings. The van der Waals surface area contributed by atoms with Crippen molar-refractivity contribution in [3.8, 4) is 6.07 Å². The van der Waals surface area contributed by atoms with Crippen molar-refractivity contribution in [2.45, 2.75) is 6.92 Å². The Hall–Kier alpha value is -3.33. The number of amides is 1. The number of benzene rings is 2. The Morgan fingerprint density at radius 3 is 2.30 bits per heavy atom. The van der Waals surface area contributed by atoms with Crippen molar-refractivity contribution in [3.63, 3.8) is 0 Å². The number of carbonyl (C=O) groups is 1. The van der Waals surface area contributed by atoms with Gasteiger partial charge in [0.1, 0.15) is 17.5 Å². The largest absolute Gasteiger partial charge is 0.368 e. The van der Waals surface area contributed by atoms with Crippen LogP contribution in [0.4, 0.5) is 15.8 Å². The molecule has 3 rings (SSSR count). The molecular weight excluding hydrogens is 343 g/mol. The first kappa shape index (κ1) is 18.5. The molecule has 138 valence electrons. The van der Waals surface area contributed by atoms with E-state index in [1.54, 1.807) is 17.0 Å². The Labute approximate surface area is 158 Å². The molecule has 1 saturated heterocycles. The van der Waals surface area contributed by atoms with Gasteiger partial charge in [0.05, 0.1) is 0 Å². The number of nitriles is 1. The lowest BCUT2D eigenvalue weighted by atomic mass is 10.2. The average molecular weight is 364 g/mol. The van der Waals surface area contributed by atoms with Crippen LogP contribution in [0, 0.1) is 24.1 Å². The van der Waals surface area contributed by atoms with E-state index in [-0.39, 0.29) is 17.3 Å². The smallest absolute Gasteiger partial charge is 0.266 e. The second-order valence-electron chi connectivity index (χ2n) is 6.44. The standard InChI is InChI=1S/C21H21FN4O/c1-16-2-6-19(7-3-16)24-15-17(14-23)21(27)26-12-10-25(11-13-26)20-8-4-18(22)5-9-20/h2-9,15,24H,10-13H2,1H3/b17-15-. The maximum atomic E-state index is 13.1. The summed E-state index contributed by atoms with van der Waals surface area (Å²) in [5.74, 6) is -0.548. The quantitative estimate of drug-likeness (QED) is 0.668. The summed E-state index contributed by atoms with van der Waals surface area (Å²) in [6.07, 6.45) is 1.46. The van der Waals surface area contributed by atoms with Gasteiger partial charge in [0, 0.05) is 43.8 Å². The minimum atomic E-state index is -0.282. The molecule has 27 heavy (non-hydrogen) atoms. The number of carbonyl (C=O) groups excluding carboxylic acids is 1. The summed E-state index contributed by atoms with van der Waals surface area (Å²) >= 11 is 0. The SMILES string of the molecule is Cc1ccc(N/C=C(/C#N)C(=O)N2CCN(c3ccc(F)cc3)CC2)cc1. The van der Waals surface area contributed by atoms with E-state index in [9.17, 15) is 14.4 Å². The molecule has 0 saturated carbocycles. The monoisotopic (exact) mass is 364 g/mol. The van der Waals surface area contributed by atoms with Crippen molar-refractivity contribution in [2.24, 2.45) is 0 Å². The molecular formula is C21H21FN4O. The van der Waals surface area contributed by atoms with Gasteiger partial charge in [-0.3, -0.25) is 4.79 Å². The number of piperazine rings is 1. The molecule has 1 aliphatic rings. The number of rotatable bonds is 4. The van der Waals surface area contributed by atoms with E-state index >= 15 is 0 Å². The lowest BCUT2D eigenvalue weighted by molar-refractivity contribution is -0.127. The van der Waals surface area contributed by atoms with Gasteiger partial charge < -0.3 is 15.1 Å². The van der Waals surface area contributed by atoms with E-state index in [0.717, 1.165) is 16.9 Å². The van der Waals surface area contributed by atoms with Crippen LogP contribution in [-0.4, -0.2) is 37.0 Å². The number of nitrogens with one attached hydrogen (secondary N) is 1. The third kappa shape index (κ3) is 4.64. The summed E-state index contributed by atoms with van der Waals surface area (Å²) in [6, 6.07) is 16.0. The number of halogens is 1. The van der Waals surface area contributed by atoms with Crippen LogP contribution in [0.3, 0.4) is 0 Å². The topological polar surface area (TPSA) is 59.4 Å². The molecule has 5 nitrogen and oxygen atoms in total. The van der Waals surface area contributed by atoms with E-state index in [1.165, 1.54) is 18.3 Å². The first-order chi connectivity index (χ1) is 13.1. The zero-order chi connectivity index (χ0) is 19.2. The van der Waals surface area contributed by atoms with E-state index in [1.807, 2.05) is 37.3 Å². The van der Waals surface area contributed by atoms with Crippen molar-refractivity contribution >= 4 is 17.3 Å². The zero-order valence-corrected chi connectivity index (χ0v) is 15.2. The predicted molar refractivity (Wildman–Crippen MR) is 104 cm³/mol. The normalized spacial score (nSPS) is 14.6. The Kier molecular flexibility index (Phi) is 5.72. The van der Waals surface area contributed by atoms with Crippen molar-refractivity contribution < 1.29 is 9.18 Å². The molecule has 1 heterocycles. The summed E-state index contributed by atoms with van der Waals surface area (Å²) in [5, 5.41) is 12.4. The lowest BCUT2D eigenvalue weighted by Gasteiger charge is -2.36. The molecule has 0 radical (unpaired) electrons. The predicted octanol–water partition coefficient (Wildman–Crippen LogP) is 3.30. The molecule has 0 bridgehead atoms. The lowest BCUT2D eigenvalue weighted by Crippen LogP contribution is -2.49. The van der Waals surface area contributed by atoms with Crippen molar-refractivity contribution in [1.82, 2.24) is 4.90 Å². The van der Waals surface area contributed by atoms with Gasteiger partial charge in [-0.2, -0.15) is 5.26 Å². The Morgan fingerprint density at radius 2 is 1.70 bits per heavy atom. The van der Waals surface area contributed by atoms with Crippen molar-refractivity contribution in [1.29, 1.82) is 5.26 Å². The highest BCUT2D eigenvalue weighted by molar-refractivity contribution is 5.97. The van der Waals surface area contributed by atoms with Crippen LogP contribution in [0.2, 0.25) is 0 Å². The summed E-state index contributed by atoms with van der Waals surface area (Å²) in [6.45, 7) is 4.30. The highest BCUT2D eigenvalue weighted by Gasteiger charge is 2.23. The molecule has 0 aliphatic carbocycles. The molecule has 0 unspecified atom stereocenters. The average Bonchev–Trinajstić information content (AvgIpc) is 2.70. The van der Waals surface area contributed by atoms with Gasteiger partial charge in [0.25, 0.3) is 5.91 Å². The number of hydrogen-bond donors (Lipinski definition) is 1. The van der Waals surface area contributed by atoms with Crippen LogP contribution in [0.25, 0.3) is 0 Å². The molecule has 1 amide bonds. The molecule has 2 aromatic carbocycles. The van der Waals surface area contributed by atoms with Gasteiger partial charge in [0.2, 0.25) is 0 Å². The van der Waals surface area contributed by atoms with Crippen molar-refractivity contribution in [3.05, 3.63) is 71.7 Å². The third-order valence-electron chi connectivity index (χ3n) is 4.54. The van der Waals surface area contributed by atoms with Crippen LogP contribution in [0.15, 0.2) is 60.3 Å². The van der Waals surface area contributed by atoms with E-state index < -0.39 is 0 Å². The fourth-order valence-corrected chi connectivity index (χ4v) is 2.94. The van der Waals surface area contributed by atoms with Gasteiger partial charge in [-0.05, 0) is 43.3 Å². The minimum Gasteiger partial charge on any atom is -0.368 e. The minimum absolute atomic E-state index is 0.0748. The van der Waals surface area contributed by atoms with Crippen LogP contribution in [0.1, 0.15) is 5.56 Å². The Balaban J connectivity index is 1.59. The van der Waals surface area contributed by atoms with Gasteiger partial charge in [0.15, 0.2) is 0 Å². The van der Waals surface area contributed by atoms with Crippen LogP contribution in [-0.2, 0) is 4.79 Å². The second kappa shape index (κ2) is 8.37. The molecule has 0 aromatic heterocycles. The van der Waals surface area contributed by atoms with Gasteiger partial charge >= 0.3 is 0 Å². The fourth-order valence-electron chi connectivity index (χ4n) is 2.94. The summed E-state index contributed by atoms with van der Waals surface area (Å²) in [5.41, 5.74) is 2.97. The molecule has 1 N–H and O–H groups in total. The molecule has 0 spiro atoms. The molecule has 6 heteroatoms. The first-order valence-electron chi connectivity index (χ1n) is 8.80. The Morgan fingerprint density at radius 1 is 1.07 bits per heavy atom. The van der Waals surface area contributed by atoms with Gasteiger partial charge in [-0.1, -0.05) is 17.7 Å². The number of anilines is 2. The maximum Gasteiger partial charge on any atom is 0.266 e. The summed E-state index contributed by atoms with van der Waals surface area (Å²) in [7, 11) is 0. The number of hydrogen-bond acceptors (Lipinski definition) is 4. The summed E-state index contributed by atoms with van der Waals surface area (Å²) in [4.78, 5) is 16.4. The van der Waals surface area contributed by atoms with E-state index in [4.69, 9.17) is 0 Å². The van der Waals surface area contributed by atoms with Crippen LogP contribution < -0.4 is 10.2 Å². The fraction of sp³-hybridized carbons (Fsp3) is 0.238. The van der Waals surface area contributed by atoms with E-state index in [0.29, 0.717) is 26.2 Å². The maximum absolute atomic E-state index is 13.1. The van der Waals surface area contributed by atoms with E-state index in [2.05, 4.69) is 10.2 Å². The Bertz CT molecular complexity index is 861. The number of aryl methyl sites for hydroxylation is 1. The van der Waals surface area contributed by atoms with Gasteiger partial charge in [-0.25, -0.2) is 4.39 Å². The molecule has 1 aliphatic heterocycles. The van der Waals surface area contributed by atoms with Crippen LogP contribution >= 0.6 is 0 Å². The highest BCUT2D eigenvalue weighted by atomic mass is 19.1. The highest BCUT2D eigenvalue weighted by Crippen LogP contribution is 2.18. The first-order valence-corrected chi connectivity index (χ1v) is 8.80. The van der Waals surface area contributed by atoms with Gasteiger partial charge in [-0.15, -0.1) is 0 Å².